The van der Waals surface area contributed by atoms with E-state index in [0.29, 0.717) is 0 Å². The lowest BCUT2D eigenvalue weighted by atomic mass is 9.85. The summed E-state index contributed by atoms with van der Waals surface area (Å²) in [7, 11) is 0. The third-order valence-electron chi connectivity index (χ3n) is 3.76. The maximum Gasteiger partial charge on any atom is 0.243 e. The Morgan fingerprint density at radius 1 is 1.48 bits per heavy atom. The summed E-state index contributed by atoms with van der Waals surface area (Å²) >= 11 is 3.48. The Bertz CT molecular complexity index is 596. The highest BCUT2D eigenvalue weighted by molar-refractivity contribution is 9.10. The molecule has 0 heterocycles. The van der Waals surface area contributed by atoms with Crippen molar-refractivity contribution in [3.8, 4) is 0 Å². The first-order valence-electron chi connectivity index (χ1n) is 6.81. The van der Waals surface area contributed by atoms with E-state index in [1.807, 2.05) is 12.1 Å². The molecule has 5 heteroatoms. The summed E-state index contributed by atoms with van der Waals surface area (Å²) in [6.45, 7) is 7.58. The maximum atomic E-state index is 12.0. The van der Waals surface area contributed by atoms with Crippen molar-refractivity contribution in [3.05, 3.63) is 46.5 Å². The molecular formula is C16H19BrN2O2. The standard InChI is InChI=1S/C16H19BrN2O2/c1-4-13(20)18-9-14(21)19-15-12-6-5-11(17)7-10(12)8-16(15,2)3/h4-7,15H,1,8-9H2,2-3H3,(H,18,20)(H,19,21). The average molecular weight is 351 g/mol. The predicted octanol–water partition coefficient (Wildman–Crippen LogP) is 2.49. The molecule has 0 aromatic heterocycles. The molecule has 2 amide bonds. The lowest BCUT2D eigenvalue weighted by Gasteiger charge is -2.28. The molecule has 2 rings (SSSR count). The molecule has 0 spiro atoms. The first kappa shape index (κ1) is 15.8. The van der Waals surface area contributed by atoms with Gasteiger partial charge in [-0.25, -0.2) is 0 Å². The normalized spacial score (nSPS) is 18.7. The zero-order valence-corrected chi connectivity index (χ0v) is 13.8. The van der Waals surface area contributed by atoms with Gasteiger partial charge in [0.25, 0.3) is 0 Å². The zero-order chi connectivity index (χ0) is 15.6. The highest BCUT2D eigenvalue weighted by Crippen LogP contribution is 2.45. The second-order valence-corrected chi connectivity index (χ2v) is 6.85. The molecule has 0 aliphatic heterocycles. The molecule has 1 atom stereocenters. The summed E-state index contributed by atoms with van der Waals surface area (Å²) in [5.74, 6) is -0.542. The fourth-order valence-corrected chi connectivity index (χ4v) is 3.16. The van der Waals surface area contributed by atoms with Gasteiger partial charge in [0.2, 0.25) is 11.8 Å². The van der Waals surface area contributed by atoms with Gasteiger partial charge in [-0.15, -0.1) is 0 Å². The Kier molecular flexibility index (Phi) is 4.52. The fourth-order valence-electron chi connectivity index (χ4n) is 2.75. The van der Waals surface area contributed by atoms with Gasteiger partial charge in [0.05, 0.1) is 12.6 Å². The third kappa shape index (κ3) is 3.53. The first-order chi connectivity index (χ1) is 9.83. The van der Waals surface area contributed by atoms with Crippen LogP contribution >= 0.6 is 15.9 Å². The van der Waals surface area contributed by atoms with Crippen LogP contribution in [-0.2, 0) is 16.0 Å². The van der Waals surface area contributed by atoms with Crippen LogP contribution in [0, 0.1) is 5.41 Å². The van der Waals surface area contributed by atoms with E-state index in [-0.39, 0.29) is 29.8 Å². The highest BCUT2D eigenvalue weighted by atomic mass is 79.9. The number of benzene rings is 1. The van der Waals surface area contributed by atoms with Gasteiger partial charge in [-0.1, -0.05) is 42.4 Å². The van der Waals surface area contributed by atoms with Crippen LogP contribution in [0.2, 0.25) is 0 Å². The predicted molar refractivity (Wildman–Crippen MR) is 85.7 cm³/mol. The molecular weight excluding hydrogens is 332 g/mol. The summed E-state index contributed by atoms with van der Waals surface area (Å²) in [5.41, 5.74) is 2.34. The fraction of sp³-hybridized carbons (Fsp3) is 0.375. The minimum Gasteiger partial charge on any atom is -0.347 e. The molecule has 112 valence electrons. The molecule has 0 radical (unpaired) electrons. The smallest absolute Gasteiger partial charge is 0.243 e. The molecule has 0 saturated carbocycles. The third-order valence-corrected chi connectivity index (χ3v) is 4.25. The Morgan fingerprint density at radius 2 is 2.19 bits per heavy atom. The van der Waals surface area contributed by atoms with Gasteiger partial charge in [-0.2, -0.15) is 0 Å². The number of rotatable bonds is 4. The Labute approximate surface area is 133 Å². The van der Waals surface area contributed by atoms with Gasteiger partial charge in [0, 0.05) is 4.47 Å². The topological polar surface area (TPSA) is 58.2 Å². The number of amides is 2. The van der Waals surface area contributed by atoms with Crippen molar-refractivity contribution in [1.29, 1.82) is 0 Å². The number of hydrogen-bond donors (Lipinski definition) is 2. The van der Waals surface area contributed by atoms with Crippen molar-refractivity contribution in [3.63, 3.8) is 0 Å². The summed E-state index contributed by atoms with van der Waals surface area (Å²) in [6, 6.07) is 6.08. The van der Waals surface area contributed by atoms with Crippen molar-refractivity contribution in [1.82, 2.24) is 10.6 Å². The first-order valence-corrected chi connectivity index (χ1v) is 7.61. The number of carbonyl (C=O) groups is 2. The molecule has 1 aliphatic rings. The van der Waals surface area contributed by atoms with E-state index in [1.165, 1.54) is 5.56 Å². The van der Waals surface area contributed by atoms with Crippen molar-refractivity contribution < 1.29 is 9.59 Å². The van der Waals surface area contributed by atoms with Crippen LogP contribution in [0.3, 0.4) is 0 Å². The van der Waals surface area contributed by atoms with Crippen LogP contribution in [0.1, 0.15) is 31.0 Å². The molecule has 21 heavy (non-hydrogen) atoms. The monoisotopic (exact) mass is 350 g/mol. The second kappa shape index (κ2) is 6.02. The van der Waals surface area contributed by atoms with Crippen molar-refractivity contribution in [2.45, 2.75) is 26.3 Å². The van der Waals surface area contributed by atoms with Gasteiger partial charge >= 0.3 is 0 Å². The van der Waals surface area contributed by atoms with Crippen LogP contribution in [0.5, 0.6) is 0 Å². The molecule has 0 bridgehead atoms. The molecule has 1 aliphatic carbocycles. The van der Waals surface area contributed by atoms with E-state index < -0.39 is 0 Å². The van der Waals surface area contributed by atoms with Crippen LogP contribution in [-0.4, -0.2) is 18.4 Å². The number of hydrogen-bond acceptors (Lipinski definition) is 2. The molecule has 0 saturated heterocycles. The van der Waals surface area contributed by atoms with E-state index in [1.54, 1.807) is 0 Å². The zero-order valence-electron chi connectivity index (χ0n) is 12.2. The lowest BCUT2D eigenvalue weighted by molar-refractivity contribution is -0.125. The van der Waals surface area contributed by atoms with Crippen molar-refractivity contribution in [2.24, 2.45) is 5.41 Å². The van der Waals surface area contributed by atoms with Crippen molar-refractivity contribution >= 4 is 27.7 Å². The second-order valence-electron chi connectivity index (χ2n) is 5.93. The van der Waals surface area contributed by atoms with E-state index in [0.717, 1.165) is 22.5 Å². The van der Waals surface area contributed by atoms with Gasteiger partial charge < -0.3 is 10.6 Å². The molecule has 1 aromatic rings. The maximum absolute atomic E-state index is 12.0. The molecule has 4 nitrogen and oxygen atoms in total. The largest absolute Gasteiger partial charge is 0.347 e. The molecule has 0 fully saturated rings. The SMILES string of the molecule is C=CC(=O)NCC(=O)NC1c2ccc(Br)cc2CC1(C)C. The van der Waals surface area contributed by atoms with E-state index >= 15 is 0 Å². The Morgan fingerprint density at radius 3 is 2.86 bits per heavy atom. The van der Waals surface area contributed by atoms with Gasteiger partial charge in [-0.3, -0.25) is 9.59 Å². The minimum absolute atomic E-state index is 0.0384. The van der Waals surface area contributed by atoms with Crippen LogP contribution < -0.4 is 10.6 Å². The van der Waals surface area contributed by atoms with Gasteiger partial charge in [0.15, 0.2) is 0 Å². The van der Waals surface area contributed by atoms with E-state index in [4.69, 9.17) is 0 Å². The van der Waals surface area contributed by atoms with Crippen LogP contribution in [0.4, 0.5) is 0 Å². The highest BCUT2D eigenvalue weighted by Gasteiger charge is 2.39. The number of nitrogens with one attached hydrogen (secondary N) is 2. The number of carbonyl (C=O) groups excluding carboxylic acids is 2. The van der Waals surface area contributed by atoms with Crippen LogP contribution in [0.25, 0.3) is 0 Å². The van der Waals surface area contributed by atoms with Crippen LogP contribution in [0.15, 0.2) is 35.3 Å². The number of halogens is 1. The summed E-state index contributed by atoms with van der Waals surface area (Å²) in [4.78, 5) is 23.1. The summed E-state index contributed by atoms with van der Waals surface area (Å²) in [6.07, 6.45) is 2.06. The summed E-state index contributed by atoms with van der Waals surface area (Å²) in [5, 5.41) is 5.51. The molecule has 2 N–H and O–H groups in total. The quantitative estimate of drug-likeness (QED) is 0.819. The van der Waals surface area contributed by atoms with Crippen molar-refractivity contribution in [2.75, 3.05) is 6.54 Å². The Hall–Kier alpha value is -1.62. The summed E-state index contributed by atoms with van der Waals surface area (Å²) < 4.78 is 1.04. The van der Waals surface area contributed by atoms with Gasteiger partial charge in [0.1, 0.15) is 0 Å². The number of fused-ring (bicyclic) bond motifs is 1. The Balaban J connectivity index is 2.10. The van der Waals surface area contributed by atoms with E-state index in [2.05, 4.69) is 53.1 Å². The van der Waals surface area contributed by atoms with E-state index in [9.17, 15) is 9.59 Å². The van der Waals surface area contributed by atoms with Gasteiger partial charge in [-0.05, 0) is 41.2 Å². The lowest BCUT2D eigenvalue weighted by Crippen LogP contribution is -2.41. The molecule has 1 unspecified atom stereocenters. The minimum atomic E-state index is -0.347. The molecule has 1 aromatic carbocycles. The average Bonchev–Trinajstić information content (AvgIpc) is 2.66.